The van der Waals surface area contributed by atoms with Crippen molar-refractivity contribution in [3.05, 3.63) is 68.7 Å². The van der Waals surface area contributed by atoms with Gasteiger partial charge in [0.2, 0.25) is 5.91 Å². The highest BCUT2D eigenvalue weighted by atomic mass is 79.9. The van der Waals surface area contributed by atoms with E-state index in [-0.39, 0.29) is 22.9 Å². The second-order valence-corrected chi connectivity index (χ2v) is 7.63. The zero-order valence-corrected chi connectivity index (χ0v) is 15.6. The number of non-ortho nitro benzene ring substituents is 1. The van der Waals surface area contributed by atoms with Crippen molar-refractivity contribution in [2.75, 3.05) is 0 Å². The van der Waals surface area contributed by atoms with E-state index in [0.29, 0.717) is 0 Å². The van der Waals surface area contributed by atoms with Crippen LogP contribution < -0.4 is 5.32 Å². The summed E-state index contributed by atoms with van der Waals surface area (Å²) >= 11 is 4.79. The molecular weight excluding hydrogens is 392 g/mol. The van der Waals surface area contributed by atoms with E-state index in [1.807, 2.05) is 38.1 Å². The number of amides is 1. The highest BCUT2D eigenvalue weighted by Gasteiger charge is 2.18. The van der Waals surface area contributed by atoms with Crippen LogP contribution in [0.25, 0.3) is 0 Å². The lowest BCUT2D eigenvalue weighted by molar-refractivity contribution is -0.384. The lowest BCUT2D eigenvalue weighted by Crippen LogP contribution is -2.33. The SMILES string of the molecule is CC(Sc1ccc([N+](=O)[O-])cc1)C(=O)NC(C)c1cccc(Br)c1. The quantitative estimate of drug-likeness (QED) is 0.426. The molecule has 0 fully saturated rings. The van der Waals surface area contributed by atoms with Gasteiger partial charge in [-0.25, -0.2) is 0 Å². The van der Waals surface area contributed by atoms with Gasteiger partial charge in [-0.05, 0) is 43.7 Å². The lowest BCUT2D eigenvalue weighted by Gasteiger charge is -2.18. The molecule has 1 N–H and O–H groups in total. The summed E-state index contributed by atoms with van der Waals surface area (Å²) in [5.74, 6) is -0.0779. The summed E-state index contributed by atoms with van der Waals surface area (Å²) < 4.78 is 0.967. The number of hydrogen-bond donors (Lipinski definition) is 1. The molecule has 2 aromatic rings. The minimum atomic E-state index is -0.440. The maximum atomic E-state index is 12.3. The zero-order valence-electron chi connectivity index (χ0n) is 13.2. The molecule has 0 heterocycles. The van der Waals surface area contributed by atoms with Crippen molar-refractivity contribution in [2.24, 2.45) is 0 Å². The number of halogens is 1. The highest BCUT2D eigenvalue weighted by Crippen LogP contribution is 2.26. The van der Waals surface area contributed by atoms with Crippen LogP contribution in [0.15, 0.2) is 57.9 Å². The minimum Gasteiger partial charge on any atom is -0.349 e. The van der Waals surface area contributed by atoms with Crippen molar-refractivity contribution in [1.82, 2.24) is 5.32 Å². The van der Waals surface area contributed by atoms with Crippen molar-refractivity contribution in [3.63, 3.8) is 0 Å². The Balaban J connectivity index is 1.95. The molecule has 0 bridgehead atoms. The molecule has 0 aliphatic rings. The van der Waals surface area contributed by atoms with E-state index >= 15 is 0 Å². The van der Waals surface area contributed by atoms with Crippen LogP contribution in [-0.4, -0.2) is 16.1 Å². The first kappa shape index (κ1) is 18.5. The number of rotatable bonds is 6. The van der Waals surface area contributed by atoms with Gasteiger partial charge in [0.15, 0.2) is 0 Å². The van der Waals surface area contributed by atoms with Crippen molar-refractivity contribution in [2.45, 2.75) is 30.0 Å². The molecule has 2 atom stereocenters. The number of nitro benzene ring substituents is 1. The van der Waals surface area contributed by atoms with Gasteiger partial charge < -0.3 is 5.32 Å². The third-order valence-corrected chi connectivity index (χ3v) is 5.04. The van der Waals surface area contributed by atoms with Gasteiger partial charge in [0.25, 0.3) is 5.69 Å². The fraction of sp³-hybridized carbons (Fsp3) is 0.235. The topological polar surface area (TPSA) is 72.2 Å². The van der Waals surface area contributed by atoms with E-state index in [2.05, 4.69) is 21.2 Å². The predicted octanol–water partition coefficient (Wildman–Crippen LogP) is 4.72. The number of nitro groups is 1. The molecule has 0 radical (unpaired) electrons. The molecule has 1 amide bonds. The van der Waals surface area contributed by atoms with Crippen molar-refractivity contribution < 1.29 is 9.72 Å². The number of nitrogens with zero attached hydrogens (tertiary/aromatic N) is 1. The summed E-state index contributed by atoms with van der Waals surface area (Å²) in [6.45, 7) is 3.75. The predicted molar refractivity (Wildman–Crippen MR) is 99.1 cm³/mol. The van der Waals surface area contributed by atoms with Crippen LogP contribution in [-0.2, 0) is 4.79 Å². The average molecular weight is 409 g/mol. The van der Waals surface area contributed by atoms with Gasteiger partial charge in [-0.3, -0.25) is 14.9 Å². The van der Waals surface area contributed by atoms with Gasteiger partial charge >= 0.3 is 0 Å². The van der Waals surface area contributed by atoms with E-state index in [9.17, 15) is 14.9 Å². The molecular formula is C17H17BrN2O3S. The van der Waals surface area contributed by atoms with Crippen LogP contribution in [0.3, 0.4) is 0 Å². The molecule has 5 nitrogen and oxygen atoms in total. The number of nitrogens with one attached hydrogen (secondary N) is 1. The zero-order chi connectivity index (χ0) is 17.7. The first-order chi connectivity index (χ1) is 11.4. The Hall–Kier alpha value is -1.86. The molecule has 0 aliphatic heterocycles. The Morgan fingerprint density at radius 1 is 1.21 bits per heavy atom. The van der Waals surface area contributed by atoms with Crippen molar-refractivity contribution in [3.8, 4) is 0 Å². The summed E-state index contributed by atoms with van der Waals surface area (Å²) in [7, 11) is 0. The van der Waals surface area contributed by atoms with Gasteiger partial charge in [0.05, 0.1) is 16.2 Å². The lowest BCUT2D eigenvalue weighted by atomic mass is 10.1. The first-order valence-electron chi connectivity index (χ1n) is 7.34. The van der Waals surface area contributed by atoms with E-state index in [0.717, 1.165) is 14.9 Å². The monoisotopic (exact) mass is 408 g/mol. The molecule has 7 heteroatoms. The second kappa shape index (κ2) is 8.30. The maximum Gasteiger partial charge on any atom is 0.269 e. The average Bonchev–Trinajstić information content (AvgIpc) is 2.55. The molecule has 126 valence electrons. The largest absolute Gasteiger partial charge is 0.349 e. The van der Waals surface area contributed by atoms with Crippen LogP contribution >= 0.6 is 27.7 Å². The third kappa shape index (κ3) is 5.07. The minimum absolute atomic E-state index is 0.0414. The van der Waals surface area contributed by atoms with Gasteiger partial charge in [0, 0.05) is 21.5 Å². The Bertz CT molecular complexity index is 737. The molecule has 2 unspecified atom stereocenters. The smallest absolute Gasteiger partial charge is 0.269 e. The summed E-state index contributed by atoms with van der Waals surface area (Å²) in [5, 5.41) is 13.3. The number of carbonyl (C=O) groups excluding carboxylic acids is 1. The molecule has 2 aromatic carbocycles. The van der Waals surface area contributed by atoms with Crippen LogP contribution in [0.4, 0.5) is 5.69 Å². The molecule has 0 aromatic heterocycles. The summed E-state index contributed by atoms with van der Waals surface area (Å²) in [6.07, 6.45) is 0. The van der Waals surface area contributed by atoms with E-state index in [1.54, 1.807) is 12.1 Å². The van der Waals surface area contributed by atoms with E-state index in [1.165, 1.54) is 23.9 Å². The Kier molecular flexibility index (Phi) is 6.39. The van der Waals surface area contributed by atoms with Gasteiger partial charge in [-0.1, -0.05) is 28.1 Å². The van der Waals surface area contributed by atoms with Crippen LogP contribution in [0, 0.1) is 10.1 Å². The molecule has 2 rings (SSSR count). The van der Waals surface area contributed by atoms with Gasteiger partial charge in [-0.15, -0.1) is 11.8 Å². The van der Waals surface area contributed by atoms with Crippen LogP contribution in [0.1, 0.15) is 25.5 Å². The van der Waals surface area contributed by atoms with Crippen LogP contribution in [0.2, 0.25) is 0 Å². The number of benzene rings is 2. The highest BCUT2D eigenvalue weighted by molar-refractivity contribution is 9.10. The number of carbonyl (C=O) groups is 1. The molecule has 0 saturated carbocycles. The molecule has 0 aliphatic carbocycles. The summed E-state index contributed by atoms with van der Waals surface area (Å²) in [5.41, 5.74) is 1.06. The van der Waals surface area contributed by atoms with Crippen molar-refractivity contribution >= 4 is 39.3 Å². The Morgan fingerprint density at radius 3 is 2.46 bits per heavy atom. The Morgan fingerprint density at radius 2 is 1.88 bits per heavy atom. The fourth-order valence-corrected chi connectivity index (χ4v) is 3.39. The van der Waals surface area contributed by atoms with Crippen molar-refractivity contribution in [1.29, 1.82) is 0 Å². The molecule has 0 spiro atoms. The van der Waals surface area contributed by atoms with Gasteiger partial charge in [-0.2, -0.15) is 0 Å². The van der Waals surface area contributed by atoms with Gasteiger partial charge in [0.1, 0.15) is 0 Å². The third-order valence-electron chi connectivity index (χ3n) is 3.44. The van der Waals surface area contributed by atoms with E-state index < -0.39 is 4.92 Å². The first-order valence-corrected chi connectivity index (χ1v) is 9.01. The standard InChI is InChI=1S/C17H17BrN2O3S/c1-11(13-4-3-5-14(18)10-13)19-17(21)12(2)24-16-8-6-15(7-9-16)20(22)23/h3-12H,1-2H3,(H,19,21). The summed E-state index contributed by atoms with van der Waals surface area (Å²) in [4.78, 5) is 23.4. The molecule has 24 heavy (non-hydrogen) atoms. The molecule has 0 saturated heterocycles. The normalized spacial score (nSPS) is 13.1. The van der Waals surface area contributed by atoms with E-state index in [4.69, 9.17) is 0 Å². The summed E-state index contributed by atoms with van der Waals surface area (Å²) in [6, 6.07) is 13.9. The fourth-order valence-electron chi connectivity index (χ4n) is 2.09. The number of hydrogen-bond acceptors (Lipinski definition) is 4. The number of thioether (sulfide) groups is 1. The maximum absolute atomic E-state index is 12.3. The van der Waals surface area contributed by atoms with Crippen LogP contribution in [0.5, 0.6) is 0 Å². The second-order valence-electron chi connectivity index (χ2n) is 5.30. The Labute approximate surface area is 153 Å².